The Kier molecular flexibility index (Phi) is 4.20. The molecule has 3 heterocycles. The van der Waals surface area contributed by atoms with Crippen LogP contribution in [0.2, 0.25) is 0 Å². The summed E-state index contributed by atoms with van der Waals surface area (Å²) in [5.41, 5.74) is 2.24. The third-order valence-corrected chi connectivity index (χ3v) is 3.97. The van der Waals surface area contributed by atoms with Gasteiger partial charge in [0.1, 0.15) is 11.8 Å². The van der Waals surface area contributed by atoms with Crippen molar-refractivity contribution in [2.24, 2.45) is 0 Å². The van der Waals surface area contributed by atoms with Gasteiger partial charge in [0.2, 0.25) is 5.91 Å². The number of rotatable bonds is 5. The number of carbonyl (C=O) groups is 1. The SMILES string of the molecule is CCn1cc(CCNC(=O)[C@@H]2CCCO2)c2cccnc21. The van der Waals surface area contributed by atoms with Crippen LogP contribution in [0.15, 0.2) is 24.5 Å². The van der Waals surface area contributed by atoms with Gasteiger partial charge in [0.25, 0.3) is 0 Å². The van der Waals surface area contributed by atoms with E-state index in [1.54, 1.807) is 0 Å². The maximum atomic E-state index is 11.9. The van der Waals surface area contributed by atoms with Crippen LogP contribution in [-0.4, -0.2) is 34.7 Å². The molecule has 0 saturated carbocycles. The molecule has 3 rings (SSSR count). The van der Waals surface area contributed by atoms with Gasteiger partial charge in [0.05, 0.1) is 0 Å². The fourth-order valence-electron chi connectivity index (χ4n) is 2.85. The summed E-state index contributed by atoms with van der Waals surface area (Å²) in [7, 11) is 0. The third kappa shape index (κ3) is 2.93. The molecular formula is C16H21N3O2. The minimum Gasteiger partial charge on any atom is -0.368 e. The van der Waals surface area contributed by atoms with E-state index < -0.39 is 0 Å². The maximum absolute atomic E-state index is 11.9. The van der Waals surface area contributed by atoms with Gasteiger partial charge in [-0.25, -0.2) is 4.98 Å². The Hall–Kier alpha value is -1.88. The second-order valence-electron chi connectivity index (χ2n) is 5.36. The molecule has 1 amide bonds. The van der Waals surface area contributed by atoms with E-state index in [1.807, 2.05) is 12.3 Å². The van der Waals surface area contributed by atoms with Crippen molar-refractivity contribution in [3.05, 3.63) is 30.1 Å². The number of aromatic nitrogens is 2. The van der Waals surface area contributed by atoms with Gasteiger partial charge in [-0.1, -0.05) is 0 Å². The highest BCUT2D eigenvalue weighted by Gasteiger charge is 2.22. The van der Waals surface area contributed by atoms with Crippen molar-refractivity contribution in [3.63, 3.8) is 0 Å². The molecule has 1 fully saturated rings. The van der Waals surface area contributed by atoms with Gasteiger partial charge in [-0.3, -0.25) is 4.79 Å². The molecule has 0 aliphatic carbocycles. The fraction of sp³-hybridized carbons (Fsp3) is 0.500. The van der Waals surface area contributed by atoms with Crippen molar-refractivity contribution >= 4 is 16.9 Å². The summed E-state index contributed by atoms with van der Waals surface area (Å²) in [6.45, 7) is 4.34. The normalized spacial score (nSPS) is 18.2. The van der Waals surface area contributed by atoms with Gasteiger partial charge in [0.15, 0.2) is 0 Å². The molecule has 0 bridgehead atoms. The Bertz CT molecular complexity index is 629. The van der Waals surface area contributed by atoms with Gasteiger partial charge in [0, 0.05) is 37.5 Å². The van der Waals surface area contributed by atoms with E-state index in [-0.39, 0.29) is 12.0 Å². The van der Waals surface area contributed by atoms with Crippen LogP contribution in [0.4, 0.5) is 0 Å². The van der Waals surface area contributed by atoms with Crippen molar-refractivity contribution in [1.82, 2.24) is 14.9 Å². The average Bonchev–Trinajstić information content (AvgIpc) is 3.15. The lowest BCUT2D eigenvalue weighted by Gasteiger charge is -2.09. The molecule has 2 aromatic heterocycles. The molecule has 1 atom stereocenters. The monoisotopic (exact) mass is 287 g/mol. The number of ether oxygens (including phenoxy) is 1. The lowest BCUT2D eigenvalue weighted by Crippen LogP contribution is -2.35. The minimum atomic E-state index is -0.247. The lowest BCUT2D eigenvalue weighted by atomic mass is 10.1. The van der Waals surface area contributed by atoms with Crippen LogP contribution >= 0.6 is 0 Å². The molecule has 1 aliphatic heterocycles. The zero-order valence-corrected chi connectivity index (χ0v) is 12.3. The first-order valence-corrected chi connectivity index (χ1v) is 7.61. The predicted octanol–water partition coefficient (Wildman–Crippen LogP) is 1.89. The summed E-state index contributed by atoms with van der Waals surface area (Å²) in [5, 5.41) is 4.14. The van der Waals surface area contributed by atoms with Gasteiger partial charge < -0.3 is 14.6 Å². The summed E-state index contributed by atoms with van der Waals surface area (Å²) < 4.78 is 7.53. The Morgan fingerprint density at radius 2 is 2.48 bits per heavy atom. The maximum Gasteiger partial charge on any atom is 0.249 e. The largest absolute Gasteiger partial charge is 0.368 e. The number of fused-ring (bicyclic) bond motifs is 1. The number of pyridine rings is 1. The smallest absolute Gasteiger partial charge is 0.249 e. The van der Waals surface area contributed by atoms with E-state index in [0.717, 1.165) is 31.5 Å². The highest BCUT2D eigenvalue weighted by Crippen LogP contribution is 2.19. The molecule has 112 valence electrons. The first-order chi connectivity index (χ1) is 10.3. The van der Waals surface area contributed by atoms with Gasteiger partial charge in [-0.15, -0.1) is 0 Å². The molecule has 5 heteroatoms. The van der Waals surface area contributed by atoms with Crippen molar-refractivity contribution in [2.75, 3.05) is 13.2 Å². The quantitative estimate of drug-likeness (QED) is 0.913. The van der Waals surface area contributed by atoms with Crippen LogP contribution in [0.1, 0.15) is 25.3 Å². The number of carbonyl (C=O) groups excluding carboxylic acids is 1. The van der Waals surface area contributed by atoms with Crippen LogP contribution in [0, 0.1) is 0 Å². The van der Waals surface area contributed by atoms with Crippen LogP contribution in [-0.2, 0) is 22.5 Å². The Balaban J connectivity index is 1.64. The molecule has 1 N–H and O–H groups in total. The molecule has 2 aromatic rings. The first-order valence-electron chi connectivity index (χ1n) is 7.61. The number of hydrogen-bond donors (Lipinski definition) is 1. The number of hydrogen-bond acceptors (Lipinski definition) is 3. The highest BCUT2D eigenvalue weighted by molar-refractivity contribution is 5.82. The zero-order chi connectivity index (χ0) is 14.7. The first kappa shape index (κ1) is 14.1. The second-order valence-corrected chi connectivity index (χ2v) is 5.36. The molecule has 1 saturated heterocycles. The van der Waals surface area contributed by atoms with E-state index in [1.165, 1.54) is 10.9 Å². The number of nitrogens with one attached hydrogen (secondary N) is 1. The Labute approximate surface area is 124 Å². The molecule has 0 unspecified atom stereocenters. The highest BCUT2D eigenvalue weighted by atomic mass is 16.5. The lowest BCUT2D eigenvalue weighted by molar-refractivity contribution is -0.129. The Morgan fingerprint density at radius 3 is 3.24 bits per heavy atom. The number of aryl methyl sites for hydroxylation is 1. The molecule has 5 nitrogen and oxygen atoms in total. The molecule has 21 heavy (non-hydrogen) atoms. The Morgan fingerprint density at radius 1 is 1.57 bits per heavy atom. The average molecular weight is 287 g/mol. The van der Waals surface area contributed by atoms with Crippen LogP contribution < -0.4 is 5.32 Å². The van der Waals surface area contributed by atoms with E-state index in [9.17, 15) is 4.79 Å². The molecule has 0 radical (unpaired) electrons. The summed E-state index contributed by atoms with van der Waals surface area (Å²) >= 11 is 0. The van der Waals surface area contributed by atoms with Crippen LogP contribution in [0.5, 0.6) is 0 Å². The second kappa shape index (κ2) is 6.26. The topological polar surface area (TPSA) is 56.2 Å². The van der Waals surface area contributed by atoms with Crippen molar-refractivity contribution < 1.29 is 9.53 Å². The summed E-state index contributed by atoms with van der Waals surface area (Å²) in [4.78, 5) is 16.3. The van der Waals surface area contributed by atoms with Gasteiger partial charge in [-0.05, 0) is 43.9 Å². The van der Waals surface area contributed by atoms with Gasteiger partial charge >= 0.3 is 0 Å². The summed E-state index contributed by atoms with van der Waals surface area (Å²) in [5.74, 6) is 0.0184. The minimum absolute atomic E-state index is 0.0184. The predicted molar refractivity (Wildman–Crippen MR) is 81.1 cm³/mol. The van der Waals surface area contributed by atoms with E-state index in [4.69, 9.17) is 4.74 Å². The third-order valence-electron chi connectivity index (χ3n) is 3.97. The van der Waals surface area contributed by atoms with E-state index in [2.05, 4.69) is 34.1 Å². The van der Waals surface area contributed by atoms with Gasteiger partial charge in [-0.2, -0.15) is 0 Å². The standard InChI is InChI=1S/C16H21N3O2/c1-2-19-11-12(13-5-3-8-17-15(13)19)7-9-18-16(20)14-6-4-10-21-14/h3,5,8,11,14H,2,4,6-7,9-10H2,1H3,(H,18,20)/t14-/m0/s1. The van der Waals surface area contributed by atoms with E-state index >= 15 is 0 Å². The van der Waals surface area contributed by atoms with E-state index in [0.29, 0.717) is 13.2 Å². The molecule has 0 spiro atoms. The number of nitrogens with zero attached hydrogens (tertiary/aromatic N) is 2. The zero-order valence-electron chi connectivity index (χ0n) is 12.3. The van der Waals surface area contributed by atoms with Crippen molar-refractivity contribution in [2.45, 2.75) is 38.8 Å². The molecule has 0 aromatic carbocycles. The molecule has 1 aliphatic rings. The fourth-order valence-corrected chi connectivity index (χ4v) is 2.85. The number of amides is 1. The summed E-state index contributed by atoms with van der Waals surface area (Å²) in [6, 6.07) is 4.04. The van der Waals surface area contributed by atoms with Crippen LogP contribution in [0.3, 0.4) is 0 Å². The van der Waals surface area contributed by atoms with Crippen molar-refractivity contribution in [3.8, 4) is 0 Å². The van der Waals surface area contributed by atoms with Crippen molar-refractivity contribution in [1.29, 1.82) is 0 Å². The molecular weight excluding hydrogens is 266 g/mol. The van der Waals surface area contributed by atoms with Crippen LogP contribution in [0.25, 0.3) is 11.0 Å². The summed E-state index contributed by atoms with van der Waals surface area (Å²) in [6.07, 6.45) is 6.34.